The van der Waals surface area contributed by atoms with Crippen molar-refractivity contribution in [3.05, 3.63) is 26.9 Å². The third-order valence-electron chi connectivity index (χ3n) is 1.46. The maximum Gasteiger partial charge on any atom is 0.267 e. The van der Waals surface area contributed by atoms with E-state index in [4.69, 9.17) is 17.3 Å². The average Bonchev–Trinajstić information content (AvgIpc) is 2.08. The second-order valence-corrected chi connectivity index (χ2v) is 3.55. The first-order chi connectivity index (χ1) is 6.45. The van der Waals surface area contributed by atoms with Gasteiger partial charge in [0.2, 0.25) is 0 Å². The lowest BCUT2D eigenvalue weighted by Gasteiger charge is -2.08. The lowest BCUT2D eigenvalue weighted by Crippen LogP contribution is -2.16. The van der Waals surface area contributed by atoms with Crippen molar-refractivity contribution in [1.82, 2.24) is 4.98 Å². The van der Waals surface area contributed by atoms with Crippen molar-refractivity contribution in [2.45, 2.75) is 6.43 Å². The van der Waals surface area contributed by atoms with E-state index in [1.165, 1.54) is 0 Å². The van der Waals surface area contributed by atoms with E-state index in [-0.39, 0.29) is 9.50 Å². The van der Waals surface area contributed by atoms with Gasteiger partial charge in [0.25, 0.3) is 12.3 Å². The van der Waals surface area contributed by atoms with Gasteiger partial charge in [-0.1, -0.05) is 11.6 Å². The monoisotopic (exact) mass is 284 g/mol. The van der Waals surface area contributed by atoms with E-state index in [0.717, 1.165) is 6.20 Å². The summed E-state index contributed by atoms with van der Waals surface area (Å²) in [7, 11) is 0. The lowest BCUT2D eigenvalue weighted by atomic mass is 10.2. The van der Waals surface area contributed by atoms with Crippen LogP contribution >= 0.6 is 27.5 Å². The van der Waals surface area contributed by atoms with E-state index in [9.17, 15) is 13.6 Å². The van der Waals surface area contributed by atoms with Gasteiger partial charge in [0.1, 0.15) is 5.69 Å². The molecule has 2 N–H and O–H groups in total. The fourth-order valence-corrected chi connectivity index (χ4v) is 1.49. The maximum absolute atomic E-state index is 12.5. The fourth-order valence-electron chi connectivity index (χ4n) is 0.876. The van der Waals surface area contributed by atoms with E-state index < -0.39 is 23.6 Å². The maximum atomic E-state index is 12.5. The Hall–Kier alpha value is -0.750. The third kappa shape index (κ3) is 2.01. The van der Waals surface area contributed by atoms with E-state index in [1.807, 2.05) is 0 Å². The molecule has 1 heterocycles. The molecule has 0 bridgehead atoms. The molecule has 0 unspecified atom stereocenters. The molecule has 1 aromatic heterocycles. The molecule has 0 atom stereocenters. The molecule has 3 nitrogen and oxygen atoms in total. The van der Waals surface area contributed by atoms with Gasteiger partial charge in [0.05, 0.1) is 10.6 Å². The summed E-state index contributed by atoms with van der Waals surface area (Å²) < 4.78 is 24.9. The Morgan fingerprint density at radius 2 is 2.21 bits per heavy atom. The highest BCUT2D eigenvalue weighted by molar-refractivity contribution is 9.10. The number of hydrogen-bond acceptors (Lipinski definition) is 2. The number of carbonyl (C=O) groups is 1. The van der Waals surface area contributed by atoms with Gasteiger partial charge in [-0.25, -0.2) is 13.8 Å². The van der Waals surface area contributed by atoms with Crippen LogP contribution in [0.25, 0.3) is 0 Å². The second kappa shape index (κ2) is 4.18. The zero-order valence-electron chi connectivity index (χ0n) is 6.60. The largest absolute Gasteiger partial charge is 0.364 e. The number of aromatic nitrogens is 1. The molecule has 0 spiro atoms. The molecular weight excluding hydrogens is 281 g/mol. The van der Waals surface area contributed by atoms with Gasteiger partial charge in [0, 0.05) is 10.7 Å². The predicted molar refractivity (Wildman–Crippen MR) is 50.4 cm³/mol. The van der Waals surface area contributed by atoms with E-state index >= 15 is 0 Å². The number of hydrogen-bond donors (Lipinski definition) is 1. The van der Waals surface area contributed by atoms with Crippen LogP contribution in [-0.4, -0.2) is 10.9 Å². The molecule has 0 aliphatic carbocycles. The normalized spacial score (nSPS) is 10.6. The van der Waals surface area contributed by atoms with Gasteiger partial charge in [-0.15, -0.1) is 0 Å². The number of alkyl halides is 2. The summed E-state index contributed by atoms with van der Waals surface area (Å²) >= 11 is 8.38. The SMILES string of the molecule is NC(=O)c1ncc(Cl)c(Br)c1C(F)F. The van der Waals surface area contributed by atoms with Crippen molar-refractivity contribution >= 4 is 33.4 Å². The highest BCUT2D eigenvalue weighted by atomic mass is 79.9. The minimum atomic E-state index is -2.86. The molecule has 76 valence electrons. The number of nitrogens with two attached hydrogens (primary N) is 1. The Bertz CT molecular complexity index is 386. The Morgan fingerprint density at radius 1 is 1.64 bits per heavy atom. The number of carbonyl (C=O) groups excluding carboxylic acids is 1. The Morgan fingerprint density at radius 3 is 2.64 bits per heavy atom. The standard InChI is InChI=1S/C7H4BrClF2N2O/c8-4-2(9)1-13-5(7(12)14)3(4)6(10)11/h1,6H,(H2,12,14). The van der Waals surface area contributed by atoms with Gasteiger partial charge in [0.15, 0.2) is 0 Å². The third-order valence-corrected chi connectivity index (χ3v) is 2.83. The molecule has 14 heavy (non-hydrogen) atoms. The van der Waals surface area contributed by atoms with Crippen LogP contribution < -0.4 is 5.73 Å². The van der Waals surface area contributed by atoms with Crippen molar-refractivity contribution in [2.24, 2.45) is 5.73 Å². The topological polar surface area (TPSA) is 56.0 Å². The highest BCUT2D eigenvalue weighted by Crippen LogP contribution is 2.34. The van der Waals surface area contributed by atoms with Crippen LogP contribution in [0.3, 0.4) is 0 Å². The van der Waals surface area contributed by atoms with E-state index in [1.54, 1.807) is 0 Å². The zero-order valence-corrected chi connectivity index (χ0v) is 8.94. The van der Waals surface area contributed by atoms with Gasteiger partial charge in [-0.2, -0.15) is 0 Å². The average molecular weight is 285 g/mol. The van der Waals surface area contributed by atoms with Gasteiger partial charge in [-0.3, -0.25) is 4.79 Å². The molecule has 0 fully saturated rings. The number of amides is 1. The van der Waals surface area contributed by atoms with Crippen molar-refractivity contribution in [3.63, 3.8) is 0 Å². The van der Waals surface area contributed by atoms with Gasteiger partial charge < -0.3 is 5.73 Å². The summed E-state index contributed by atoms with van der Waals surface area (Å²) in [6.45, 7) is 0. The van der Waals surface area contributed by atoms with Crippen LogP contribution in [0.2, 0.25) is 5.02 Å². The molecule has 0 aliphatic heterocycles. The smallest absolute Gasteiger partial charge is 0.267 e. The number of primary amides is 1. The Labute approximate surface area is 91.4 Å². The fraction of sp³-hybridized carbons (Fsp3) is 0.143. The van der Waals surface area contributed by atoms with E-state index in [2.05, 4.69) is 20.9 Å². The van der Waals surface area contributed by atoms with Gasteiger partial charge in [-0.05, 0) is 15.9 Å². The molecule has 1 amide bonds. The summed E-state index contributed by atoms with van der Waals surface area (Å²) in [5.41, 5.74) is 3.82. The number of nitrogens with zero attached hydrogens (tertiary/aromatic N) is 1. The quantitative estimate of drug-likeness (QED) is 0.908. The van der Waals surface area contributed by atoms with E-state index in [0.29, 0.717) is 0 Å². The summed E-state index contributed by atoms with van der Waals surface area (Å²) in [5.74, 6) is -1.02. The molecule has 1 rings (SSSR count). The zero-order chi connectivity index (χ0) is 10.9. The van der Waals surface area contributed by atoms with Crippen LogP contribution in [0.15, 0.2) is 10.7 Å². The van der Waals surface area contributed by atoms with Crippen molar-refractivity contribution in [3.8, 4) is 0 Å². The number of rotatable bonds is 2. The first kappa shape index (κ1) is 11.3. The number of pyridine rings is 1. The van der Waals surface area contributed by atoms with Crippen molar-refractivity contribution in [1.29, 1.82) is 0 Å². The Balaban J connectivity index is 3.45. The minimum Gasteiger partial charge on any atom is -0.364 e. The molecule has 0 aromatic carbocycles. The molecule has 0 aliphatic rings. The summed E-state index contributed by atoms with van der Waals surface area (Å²) in [6.07, 6.45) is -1.78. The van der Waals surface area contributed by atoms with Crippen molar-refractivity contribution < 1.29 is 13.6 Å². The molecule has 0 saturated carbocycles. The summed E-state index contributed by atoms with van der Waals surface area (Å²) in [6, 6.07) is 0. The van der Waals surface area contributed by atoms with Crippen LogP contribution in [-0.2, 0) is 0 Å². The second-order valence-electron chi connectivity index (χ2n) is 2.35. The lowest BCUT2D eigenvalue weighted by molar-refractivity contribution is 0.0979. The first-order valence-corrected chi connectivity index (χ1v) is 4.54. The van der Waals surface area contributed by atoms with Gasteiger partial charge >= 0.3 is 0 Å². The molecule has 1 aromatic rings. The summed E-state index contributed by atoms with van der Waals surface area (Å²) in [4.78, 5) is 14.2. The number of halogens is 4. The van der Waals surface area contributed by atoms with Crippen molar-refractivity contribution in [2.75, 3.05) is 0 Å². The summed E-state index contributed by atoms with van der Waals surface area (Å²) in [5, 5.41) is 0.00491. The molecular formula is C7H4BrClF2N2O. The van der Waals surface area contributed by atoms with Crippen LogP contribution in [0.5, 0.6) is 0 Å². The molecule has 0 radical (unpaired) electrons. The highest BCUT2D eigenvalue weighted by Gasteiger charge is 2.23. The molecule has 0 saturated heterocycles. The molecule has 7 heteroatoms. The van der Waals surface area contributed by atoms with Crippen LogP contribution in [0.4, 0.5) is 8.78 Å². The predicted octanol–water partition coefficient (Wildman–Crippen LogP) is 2.53. The van der Waals surface area contributed by atoms with Crippen LogP contribution in [0, 0.1) is 0 Å². The van der Waals surface area contributed by atoms with Crippen LogP contribution in [0.1, 0.15) is 22.5 Å². The minimum absolute atomic E-state index is 0.00491. The Kier molecular flexibility index (Phi) is 3.38. The first-order valence-electron chi connectivity index (χ1n) is 3.37.